The van der Waals surface area contributed by atoms with E-state index in [1.807, 2.05) is 13.8 Å². The molecule has 2 rings (SSSR count). The third-order valence-corrected chi connectivity index (χ3v) is 6.85. The van der Waals surface area contributed by atoms with Crippen LogP contribution < -0.4 is 10.6 Å². The van der Waals surface area contributed by atoms with Crippen LogP contribution in [0.5, 0.6) is 0 Å². The number of unbranched alkanes of at least 4 members (excludes halogenated alkanes) is 2. The van der Waals surface area contributed by atoms with Crippen molar-refractivity contribution in [3.05, 3.63) is 0 Å². The summed E-state index contributed by atoms with van der Waals surface area (Å²) >= 11 is 1.27. The first-order valence-corrected chi connectivity index (χ1v) is 12.5. The van der Waals surface area contributed by atoms with E-state index in [4.69, 9.17) is 9.47 Å². The van der Waals surface area contributed by atoms with Crippen molar-refractivity contribution in [2.45, 2.75) is 101 Å². The number of piperidine rings is 1. The van der Waals surface area contributed by atoms with Gasteiger partial charge in [-0.05, 0) is 38.0 Å². The Kier molecular flexibility index (Phi) is 10.8. The fourth-order valence-corrected chi connectivity index (χ4v) is 4.77. The first-order chi connectivity index (χ1) is 14.3. The predicted octanol–water partition coefficient (Wildman–Crippen LogP) is 0.625. The van der Waals surface area contributed by atoms with Crippen LogP contribution in [0.3, 0.4) is 0 Å². The monoisotopic (exact) mass is 448 g/mol. The molecule has 2 aliphatic rings. The van der Waals surface area contributed by atoms with Crippen molar-refractivity contribution in [1.29, 1.82) is 0 Å². The molecule has 0 radical (unpaired) electrons. The highest BCUT2D eigenvalue weighted by molar-refractivity contribution is 7.99. The summed E-state index contributed by atoms with van der Waals surface area (Å²) in [6.45, 7) is 7.45. The van der Waals surface area contributed by atoms with Crippen LogP contribution in [-0.2, 0) is 14.3 Å². The molecule has 2 fully saturated rings. The number of aliphatic hydroxyl groups is 3. The Balaban J connectivity index is 1.97. The van der Waals surface area contributed by atoms with Gasteiger partial charge in [-0.25, -0.2) is 0 Å². The van der Waals surface area contributed by atoms with Crippen LogP contribution in [-0.4, -0.2) is 88.7 Å². The molecule has 0 unspecified atom stereocenters. The fraction of sp³-hybridized carbons (Fsp3) is 0.952. The molecule has 30 heavy (non-hydrogen) atoms. The molecule has 8 nitrogen and oxygen atoms in total. The van der Waals surface area contributed by atoms with Gasteiger partial charge < -0.3 is 35.4 Å². The molecular formula is C21H40N2O6S. The van der Waals surface area contributed by atoms with Gasteiger partial charge in [-0.3, -0.25) is 4.79 Å². The van der Waals surface area contributed by atoms with E-state index in [1.165, 1.54) is 11.8 Å². The third-order valence-electron chi connectivity index (χ3n) is 5.99. The van der Waals surface area contributed by atoms with E-state index in [1.54, 1.807) is 6.26 Å². The van der Waals surface area contributed by atoms with Gasteiger partial charge in [0.25, 0.3) is 0 Å². The molecule has 0 aliphatic carbocycles. The Morgan fingerprint density at radius 3 is 2.60 bits per heavy atom. The SMILES string of the molecule is CCCCCO[C@@H]1CCN[C@H](C(=O)N[C@H](C(C)C)[C@H]2O[C@H](SC)[C@H](O)[C@@H](O)[C@H]2O)C1. The van der Waals surface area contributed by atoms with E-state index in [9.17, 15) is 20.1 Å². The molecular weight excluding hydrogens is 408 g/mol. The van der Waals surface area contributed by atoms with Gasteiger partial charge in [0.05, 0.1) is 18.2 Å². The molecule has 0 bridgehead atoms. The first-order valence-electron chi connectivity index (χ1n) is 11.2. The van der Waals surface area contributed by atoms with Crippen molar-refractivity contribution in [2.75, 3.05) is 19.4 Å². The summed E-state index contributed by atoms with van der Waals surface area (Å²) in [4.78, 5) is 13.0. The van der Waals surface area contributed by atoms with E-state index in [0.717, 1.165) is 32.3 Å². The number of carbonyl (C=O) groups excluding carboxylic acids is 1. The molecule has 0 aromatic heterocycles. The molecule has 5 N–H and O–H groups in total. The molecule has 9 heteroatoms. The van der Waals surface area contributed by atoms with Crippen LogP contribution >= 0.6 is 11.8 Å². The Hall–Kier alpha value is -0.420. The van der Waals surface area contributed by atoms with Crippen LogP contribution in [0.15, 0.2) is 0 Å². The third kappa shape index (κ3) is 6.79. The van der Waals surface area contributed by atoms with Crippen molar-refractivity contribution in [3.8, 4) is 0 Å². The van der Waals surface area contributed by atoms with Crippen molar-refractivity contribution in [2.24, 2.45) is 5.92 Å². The van der Waals surface area contributed by atoms with E-state index in [2.05, 4.69) is 17.6 Å². The van der Waals surface area contributed by atoms with Crippen LogP contribution in [0.4, 0.5) is 0 Å². The van der Waals surface area contributed by atoms with Crippen molar-refractivity contribution >= 4 is 17.7 Å². The van der Waals surface area contributed by atoms with Gasteiger partial charge in [0, 0.05) is 6.61 Å². The van der Waals surface area contributed by atoms with Crippen molar-refractivity contribution in [1.82, 2.24) is 10.6 Å². The summed E-state index contributed by atoms with van der Waals surface area (Å²) < 4.78 is 11.8. The highest BCUT2D eigenvalue weighted by Crippen LogP contribution is 2.30. The average molecular weight is 449 g/mol. The molecule has 2 saturated heterocycles. The van der Waals surface area contributed by atoms with E-state index in [0.29, 0.717) is 13.0 Å². The van der Waals surface area contributed by atoms with Crippen molar-refractivity contribution < 1.29 is 29.6 Å². The zero-order valence-corrected chi connectivity index (χ0v) is 19.4. The number of nitrogens with one attached hydrogen (secondary N) is 2. The molecule has 1 amide bonds. The summed E-state index contributed by atoms with van der Waals surface area (Å²) in [5.41, 5.74) is -0.666. The topological polar surface area (TPSA) is 120 Å². The summed E-state index contributed by atoms with van der Waals surface area (Å²) in [7, 11) is 0. The van der Waals surface area contributed by atoms with Crippen LogP contribution in [0.25, 0.3) is 0 Å². The van der Waals surface area contributed by atoms with Gasteiger partial charge in [-0.15, -0.1) is 11.8 Å². The minimum absolute atomic E-state index is 0.0387. The Morgan fingerprint density at radius 2 is 1.97 bits per heavy atom. The molecule has 2 aliphatic heterocycles. The maximum absolute atomic E-state index is 13.0. The second-order valence-corrected chi connectivity index (χ2v) is 9.62. The summed E-state index contributed by atoms with van der Waals surface area (Å²) in [5, 5.41) is 37.1. The number of amides is 1. The molecule has 0 spiro atoms. The highest BCUT2D eigenvalue weighted by atomic mass is 32.2. The Bertz CT molecular complexity index is 524. The molecule has 8 atom stereocenters. The summed E-state index contributed by atoms with van der Waals surface area (Å²) in [6, 6.07) is -0.874. The number of hydrogen-bond acceptors (Lipinski definition) is 8. The van der Waals surface area contributed by atoms with Crippen molar-refractivity contribution in [3.63, 3.8) is 0 Å². The average Bonchev–Trinajstić information content (AvgIpc) is 2.74. The fourth-order valence-electron chi connectivity index (χ4n) is 4.09. The van der Waals surface area contributed by atoms with Gasteiger partial charge in [-0.2, -0.15) is 0 Å². The number of aliphatic hydroxyl groups excluding tert-OH is 3. The molecule has 0 saturated carbocycles. The Labute approximate surface area is 184 Å². The lowest BCUT2D eigenvalue weighted by Crippen LogP contribution is -2.65. The number of ether oxygens (including phenoxy) is 2. The van der Waals surface area contributed by atoms with Gasteiger partial charge in [-0.1, -0.05) is 33.6 Å². The lowest BCUT2D eigenvalue weighted by Gasteiger charge is -2.44. The first kappa shape index (κ1) is 25.8. The van der Waals surface area contributed by atoms with E-state index >= 15 is 0 Å². The quantitative estimate of drug-likeness (QED) is 0.309. The number of rotatable bonds is 10. The number of thioether (sulfide) groups is 1. The normalized spacial score (nSPS) is 35.9. The highest BCUT2D eigenvalue weighted by Gasteiger charge is 2.47. The Morgan fingerprint density at radius 1 is 1.23 bits per heavy atom. The number of carbonyl (C=O) groups is 1. The smallest absolute Gasteiger partial charge is 0.237 e. The lowest BCUT2D eigenvalue weighted by atomic mass is 9.88. The zero-order chi connectivity index (χ0) is 22.3. The van der Waals surface area contributed by atoms with Gasteiger partial charge in [0.2, 0.25) is 5.91 Å². The maximum atomic E-state index is 13.0. The van der Waals surface area contributed by atoms with Crippen LogP contribution in [0, 0.1) is 5.92 Å². The molecule has 176 valence electrons. The second-order valence-electron chi connectivity index (χ2n) is 8.69. The zero-order valence-electron chi connectivity index (χ0n) is 18.6. The second kappa shape index (κ2) is 12.6. The van der Waals surface area contributed by atoms with Gasteiger partial charge >= 0.3 is 0 Å². The van der Waals surface area contributed by atoms with Gasteiger partial charge in [0.1, 0.15) is 29.9 Å². The molecule has 0 aromatic carbocycles. The minimum atomic E-state index is -1.33. The predicted molar refractivity (Wildman–Crippen MR) is 117 cm³/mol. The lowest BCUT2D eigenvalue weighted by molar-refractivity contribution is -0.208. The van der Waals surface area contributed by atoms with Crippen LogP contribution in [0.1, 0.15) is 52.9 Å². The molecule has 0 aromatic rings. The van der Waals surface area contributed by atoms with Crippen LogP contribution in [0.2, 0.25) is 0 Å². The maximum Gasteiger partial charge on any atom is 0.237 e. The molecule has 2 heterocycles. The number of hydrogen-bond donors (Lipinski definition) is 5. The largest absolute Gasteiger partial charge is 0.388 e. The van der Waals surface area contributed by atoms with E-state index in [-0.39, 0.29) is 24.0 Å². The standard InChI is InChI=1S/C21H40N2O6S/c1-5-6-7-10-28-13-8-9-22-14(11-13)20(27)23-15(12(2)3)19-17(25)16(24)18(26)21(29-19)30-4/h12-19,21-22,24-26H,5-11H2,1-4H3,(H,23,27)/t13-,14+,15-,16+,17-,18-,19-,21-/m1/s1. The van der Waals surface area contributed by atoms with Gasteiger partial charge in [0.15, 0.2) is 0 Å². The van der Waals surface area contributed by atoms with E-state index < -0.39 is 35.9 Å². The summed E-state index contributed by atoms with van der Waals surface area (Å²) in [6.07, 6.45) is 2.04. The summed E-state index contributed by atoms with van der Waals surface area (Å²) in [5.74, 6) is -0.198. The minimum Gasteiger partial charge on any atom is -0.388 e.